The van der Waals surface area contributed by atoms with Crippen LogP contribution in [0.25, 0.3) is 0 Å². The number of halogens is 2. The Balaban J connectivity index is 3.13. The van der Waals surface area contributed by atoms with Gasteiger partial charge in [-0.05, 0) is 18.2 Å². The van der Waals surface area contributed by atoms with E-state index in [4.69, 9.17) is 17.4 Å². The summed E-state index contributed by atoms with van der Waals surface area (Å²) in [4.78, 5) is 10.9. The minimum Gasteiger partial charge on any atom is -0.290 e. The molecule has 1 aromatic carbocycles. The molecule has 0 aliphatic heterocycles. The highest BCUT2D eigenvalue weighted by Crippen LogP contribution is 2.14. The lowest BCUT2D eigenvalue weighted by molar-refractivity contribution is 0.0949. The summed E-state index contributed by atoms with van der Waals surface area (Å²) < 4.78 is 12.8. The van der Waals surface area contributed by atoms with Crippen LogP contribution < -0.4 is 11.3 Å². The quantitative estimate of drug-likeness (QED) is 0.394. The van der Waals surface area contributed by atoms with Crippen LogP contribution in [0.2, 0.25) is 5.02 Å². The van der Waals surface area contributed by atoms with Gasteiger partial charge in [-0.25, -0.2) is 10.2 Å². The van der Waals surface area contributed by atoms with Crippen LogP contribution in [-0.4, -0.2) is 5.91 Å². The highest BCUT2D eigenvalue weighted by molar-refractivity contribution is 6.30. The molecule has 3 nitrogen and oxygen atoms in total. The summed E-state index contributed by atoms with van der Waals surface area (Å²) in [5.41, 5.74) is 1.65. The van der Waals surface area contributed by atoms with Gasteiger partial charge in [0.15, 0.2) is 0 Å². The zero-order chi connectivity index (χ0) is 9.14. The molecule has 64 valence electrons. The smallest absolute Gasteiger partial charge is 0.268 e. The van der Waals surface area contributed by atoms with E-state index >= 15 is 0 Å². The van der Waals surface area contributed by atoms with Gasteiger partial charge in [0.2, 0.25) is 0 Å². The van der Waals surface area contributed by atoms with Crippen LogP contribution in [0.5, 0.6) is 0 Å². The monoisotopic (exact) mass is 188 g/mol. The summed E-state index contributed by atoms with van der Waals surface area (Å²) >= 11 is 5.53. The van der Waals surface area contributed by atoms with E-state index in [0.717, 1.165) is 6.07 Å². The zero-order valence-electron chi connectivity index (χ0n) is 5.97. The molecule has 0 aliphatic carbocycles. The fourth-order valence-corrected chi connectivity index (χ4v) is 0.921. The summed E-state index contributed by atoms with van der Waals surface area (Å²) in [5.74, 6) is 3.46. The molecule has 0 spiro atoms. The number of benzene rings is 1. The van der Waals surface area contributed by atoms with Crippen molar-refractivity contribution in [2.45, 2.75) is 0 Å². The molecule has 0 unspecified atom stereocenters. The summed E-state index contributed by atoms with van der Waals surface area (Å²) in [6.07, 6.45) is 0. The fourth-order valence-electron chi connectivity index (χ4n) is 0.749. The van der Waals surface area contributed by atoms with E-state index < -0.39 is 11.7 Å². The van der Waals surface area contributed by atoms with Crippen molar-refractivity contribution in [3.63, 3.8) is 0 Å². The summed E-state index contributed by atoms with van der Waals surface area (Å²) in [6, 6.07) is 3.66. The SMILES string of the molecule is NNC(=O)c1cc(Cl)ccc1F. The van der Waals surface area contributed by atoms with E-state index in [9.17, 15) is 9.18 Å². The second-order valence-electron chi connectivity index (χ2n) is 2.10. The molecule has 0 atom stereocenters. The number of carbonyl (C=O) groups excluding carboxylic acids is 1. The minimum atomic E-state index is -0.699. The Morgan fingerprint density at radius 1 is 1.58 bits per heavy atom. The van der Waals surface area contributed by atoms with E-state index in [1.165, 1.54) is 12.1 Å². The second-order valence-corrected chi connectivity index (χ2v) is 2.53. The van der Waals surface area contributed by atoms with E-state index in [0.29, 0.717) is 0 Å². The maximum absolute atomic E-state index is 12.8. The number of nitrogens with two attached hydrogens (primary N) is 1. The van der Waals surface area contributed by atoms with Crippen molar-refractivity contribution < 1.29 is 9.18 Å². The van der Waals surface area contributed by atoms with Crippen LogP contribution in [0.15, 0.2) is 18.2 Å². The molecule has 0 bridgehead atoms. The Morgan fingerprint density at radius 2 is 2.25 bits per heavy atom. The highest BCUT2D eigenvalue weighted by Gasteiger charge is 2.09. The molecule has 0 saturated heterocycles. The lowest BCUT2D eigenvalue weighted by atomic mass is 10.2. The molecule has 0 heterocycles. The molecule has 1 rings (SSSR count). The Hall–Kier alpha value is -1.13. The molecule has 0 fully saturated rings. The average molecular weight is 189 g/mol. The third-order valence-corrected chi connectivity index (χ3v) is 1.54. The highest BCUT2D eigenvalue weighted by atomic mass is 35.5. The van der Waals surface area contributed by atoms with Crippen molar-refractivity contribution in [2.75, 3.05) is 0 Å². The number of nitrogen functional groups attached to an aromatic ring is 1. The number of nitrogens with one attached hydrogen (secondary N) is 1. The molecule has 1 amide bonds. The number of hydrazine groups is 1. The molecule has 3 N–H and O–H groups in total. The third kappa shape index (κ3) is 1.72. The first-order chi connectivity index (χ1) is 5.65. The first kappa shape index (κ1) is 8.96. The Bertz CT molecular complexity index is 316. The van der Waals surface area contributed by atoms with Crippen LogP contribution in [0.1, 0.15) is 10.4 Å². The maximum atomic E-state index is 12.8. The average Bonchev–Trinajstić information content (AvgIpc) is 2.08. The number of carbonyl (C=O) groups is 1. The van der Waals surface area contributed by atoms with Crippen LogP contribution in [0, 0.1) is 5.82 Å². The first-order valence-corrected chi connectivity index (χ1v) is 3.49. The Labute approximate surface area is 73.3 Å². The zero-order valence-corrected chi connectivity index (χ0v) is 6.73. The molecule has 0 radical (unpaired) electrons. The second kappa shape index (κ2) is 3.51. The van der Waals surface area contributed by atoms with Crippen molar-refractivity contribution in [3.8, 4) is 0 Å². The molecule has 12 heavy (non-hydrogen) atoms. The van der Waals surface area contributed by atoms with Crippen molar-refractivity contribution in [1.82, 2.24) is 5.43 Å². The van der Waals surface area contributed by atoms with Gasteiger partial charge in [0.1, 0.15) is 5.82 Å². The molecular weight excluding hydrogens is 183 g/mol. The fraction of sp³-hybridized carbons (Fsp3) is 0. The van der Waals surface area contributed by atoms with Crippen molar-refractivity contribution >= 4 is 17.5 Å². The Morgan fingerprint density at radius 3 is 2.83 bits per heavy atom. The van der Waals surface area contributed by atoms with E-state index in [2.05, 4.69) is 0 Å². The molecule has 0 aromatic heterocycles. The van der Waals surface area contributed by atoms with Crippen LogP contribution >= 0.6 is 11.6 Å². The first-order valence-electron chi connectivity index (χ1n) is 3.11. The van der Waals surface area contributed by atoms with Crippen molar-refractivity contribution in [1.29, 1.82) is 0 Å². The van der Waals surface area contributed by atoms with Crippen molar-refractivity contribution in [3.05, 3.63) is 34.6 Å². The number of hydrogen-bond donors (Lipinski definition) is 2. The van der Waals surface area contributed by atoms with Gasteiger partial charge in [0, 0.05) is 5.02 Å². The molecular formula is C7H6ClFN2O. The Kier molecular flexibility index (Phi) is 2.62. The largest absolute Gasteiger partial charge is 0.290 e. The number of rotatable bonds is 1. The van der Waals surface area contributed by atoms with Gasteiger partial charge < -0.3 is 0 Å². The predicted molar refractivity (Wildman–Crippen MR) is 43.1 cm³/mol. The van der Waals surface area contributed by atoms with E-state index in [1.54, 1.807) is 0 Å². The van der Waals surface area contributed by atoms with Crippen LogP contribution in [0.3, 0.4) is 0 Å². The molecule has 0 aliphatic rings. The van der Waals surface area contributed by atoms with Gasteiger partial charge in [-0.1, -0.05) is 11.6 Å². The standard InChI is InChI=1S/C7H6ClFN2O/c8-4-1-2-6(9)5(3-4)7(12)11-10/h1-3H,10H2,(H,11,12). The topological polar surface area (TPSA) is 55.1 Å². The lowest BCUT2D eigenvalue weighted by Crippen LogP contribution is -2.30. The predicted octanol–water partition coefficient (Wildman–Crippen LogP) is 1.08. The van der Waals surface area contributed by atoms with Gasteiger partial charge in [-0.3, -0.25) is 10.2 Å². The third-order valence-electron chi connectivity index (χ3n) is 1.30. The molecule has 1 aromatic rings. The van der Waals surface area contributed by atoms with Crippen LogP contribution in [0.4, 0.5) is 4.39 Å². The van der Waals surface area contributed by atoms with Gasteiger partial charge in [0.05, 0.1) is 5.56 Å². The summed E-state index contributed by atoms with van der Waals surface area (Å²) in [7, 11) is 0. The summed E-state index contributed by atoms with van der Waals surface area (Å²) in [5, 5.41) is 0.287. The number of amides is 1. The normalized spacial score (nSPS) is 9.58. The summed E-state index contributed by atoms with van der Waals surface area (Å²) in [6.45, 7) is 0. The van der Waals surface area contributed by atoms with E-state index in [-0.39, 0.29) is 10.6 Å². The minimum absolute atomic E-state index is 0.162. The van der Waals surface area contributed by atoms with Gasteiger partial charge in [-0.15, -0.1) is 0 Å². The van der Waals surface area contributed by atoms with Crippen LogP contribution in [-0.2, 0) is 0 Å². The van der Waals surface area contributed by atoms with Gasteiger partial charge in [0.25, 0.3) is 5.91 Å². The molecule has 5 heteroatoms. The maximum Gasteiger partial charge on any atom is 0.268 e. The van der Waals surface area contributed by atoms with Gasteiger partial charge in [-0.2, -0.15) is 0 Å². The molecule has 0 saturated carbocycles. The van der Waals surface area contributed by atoms with Crippen molar-refractivity contribution in [2.24, 2.45) is 5.84 Å². The van der Waals surface area contributed by atoms with Gasteiger partial charge >= 0.3 is 0 Å². The lowest BCUT2D eigenvalue weighted by Gasteiger charge is -2.00. The number of hydrogen-bond acceptors (Lipinski definition) is 2. The van der Waals surface area contributed by atoms with E-state index in [1.807, 2.05) is 5.43 Å².